The minimum absolute atomic E-state index is 0.632. The number of guanidine groups is 1. The van der Waals surface area contributed by atoms with E-state index < -0.39 is 0 Å². The van der Waals surface area contributed by atoms with E-state index in [0.717, 1.165) is 44.0 Å². The third-order valence-electron chi connectivity index (χ3n) is 3.43. The highest BCUT2D eigenvalue weighted by Gasteiger charge is 2.05. The average Bonchev–Trinajstić information content (AvgIpc) is 2.52. The number of ether oxygens (including phenoxy) is 2. The van der Waals surface area contributed by atoms with Gasteiger partial charge in [-0.25, -0.2) is 0 Å². The van der Waals surface area contributed by atoms with Gasteiger partial charge < -0.3 is 20.1 Å². The van der Waals surface area contributed by atoms with Crippen molar-refractivity contribution >= 4 is 5.96 Å². The minimum atomic E-state index is 0.632. The zero-order chi connectivity index (χ0) is 15.7. The van der Waals surface area contributed by atoms with Gasteiger partial charge in [0.05, 0.1) is 14.2 Å². The normalized spacial score (nSPS) is 11.3. The summed E-state index contributed by atoms with van der Waals surface area (Å²) in [6.45, 7) is 6.67. The van der Waals surface area contributed by atoms with Crippen LogP contribution in [0.25, 0.3) is 0 Å². The van der Waals surface area contributed by atoms with Gasteiger partial charge in [0.25, 0.3) is 0 Å². The van der Waals surface area contributed by atoms with E-state index in [0.29, 0.717) is 5.96 Å². The van der Waals surface area contributed by atoms with Crippen LogP contribution in [-0.2, 0) is 6.42 Å². The number of hydrogen-bond acceptors (Lipinski definition) is 3. The van der Waals surface area contributed by atoms with Crippen molar-refractivity contribution < 1.29 is 9.47 Å². The zero-order valence-corrected chi connectivity index (χ0v) is 13.6. The number of aryl methyl sites for hydroxylation is 1. The fourth-order valence-electron chi connectivity index (χ4n) is 2.16. The van der Waals surface area contributed by atoms with Crippen LogP contribution < -0.4 is 15.2 Å². The second-order valence-corrected chi connectivity index (χ2v) is 4.71. The summed E-state index contributed by atoms with van der Waals surface area (Å²) in [4.78, 5) is 6.47. The molecule has 0 spiro atoms. The van der Waals surface area contributed by atoms with Crippen LogP contribution in [0.15, 0.2) is 23.2 Å². The van der Waals surface area contributed by atoms with E-state index in [-0.39, 0.29) is 0 Å². The first-order valence-electron chi connectivity index (χ1n) is 7.42. The number of benzene rings is 1. The van der Waals surface area contributed by atoms with Crippen LogP contribution in [-0.4, -0.2) is 44.7 Å². The molecule has 0 atom stereocenters. The Morgan fingerprint density at radius 1 is 1.14 bits per heavy atom. The Balaban J connectivity index is 2.51. The van der Waals surface area contributed by atoms with Crippen molar-refractivity contribution in [3.63, 3.8) is 0 Å². The maximum absolute atomic E-state index is 5.94. The van der Waals surface area contributed by atoms with Gasteiger partial charge in [0.1, 0.15) is 0 Å². The molecule has 0 bridgehead atoms. The number of nitrogens with two attached hydrogens (primary N) is 1. The van der Waals surface area contributed by atoms with Crippen LogP contribution in [0.2, 0.25) is 0 Å². The molecule has 21 heavy (non-hydrogen) atoms. The van der Waals surface area contributed by atoms with Crippen molar-refractivity contribution in [1.29, 1.82) is 0 Å². The second kappa shape index (κ2) is 9.10. The number of hydrogen-bond donors (Lipinski definition) is 1. The molecule has 0 amide bonds. The summed E-state index contributed by atoms with van der Waals surface area (Å²) in [6.07, 6.45) is 1.90. The lowest BCUT2D eigenvalue weighted by Gasteiger charge is -2.19. The molecule has 0 aliphatic heterocycles. The SMILES string of the molecule is CCN(CC)C(N)=NCCCc1ccc(OC)c(OC)c1. The second-order valence-electron chi connectivity index (χ2n) is 4.71. The van der Waals surface area contributed by atoms with E-state index in [1.54, 1.807) is 14.2 Å². The number of nitrogens with zero attached hydrogens (tertiary/aromatic N) is 2. The van der Waals surface area contributed by atoms with Crippen LogP contribution >= 0.6 is 0 Å². The van der Waals surface area contributed by atoms with Crippen molar-refractivity contribution in [2.45, 2.75) is 26.7 Å². The highest BCUT2D eigenvalue weighted by molar-refractivity contribution is 5.77. The van der Waals surface area contributed by atoms with E-state index >= 15 is 0 Å². The molecule has 1 aromatic rings. The van der Waals surface area contributed by atoms with E-state index in [4.69, 9.17) is 15.2 Å². The lowest BCUT2D eigenvalue weighted by molar-refractivity contribution is 0.354. The summed E-state index contributed by atoms with van der Waals surface area (Å²) in [5.41, 5.74) is 7.15. The molecule has 0 aliphatic rings. The Morgan fingerprint density at radius 3 is 2.38 bits per heavy atom. The Kier molecular flexibility index (Phi) is 7.43. The van der Waals surface area contributed by atoms with Gasteiger partial charge in [-0.2, -0.15) is 0 Å². The smallest absolute Gasteiger partial charge is 0.191 e. The van der Waals surface area contributed by atoms with Crippen molar-refractivity contribution in [2.24, 2.45) is 10.7 Å². The summed E-state index contributed by atoms with van der Waals surface area (Å²) in [6, 6.07) is 6.00. The fourth-order valence-corrected chi connectivity index (χ4v) is 2.16. The van der Waals surface area contributed by atoms with Crippen LogP contribution in [0.3, 0.4) is 0 Å². The summed E-state index contributed by atoms with van der Waals surface area (Å²) >= 11 is 0. The third-order valence-corrected chi connectivity index (χ3v) is 3.43. The van der Waals surface area contributed by atoms with Crippen molar-refractivity contribution in [1.82, 2.24) is 4.90 Å². The number of rotatable bonds is 8. The minimum Gasteiger partial charge on any atom is -0.493 e. The third kappa shape index (κ3) is 5.17. The van der Waals surface area contributed by atoms with Gasteiger partial charge in [0.15, 0.2) is 17.5 Å². The standard InChI is InChI=1S/C16H27N3O2/c1-5-19(6-2)16(17)18-11-7-8-13-9-10-14(20-3)15(12-13)21-4/h9-10,12H,5-8,11H2,1-4H3,(H2,17,18). The molecule has 0 heterocycles. The van der Waals surface area contributed by atoms with Gasteiger partial charge in [-0.15, -0.1) is 0 Å². The van der Waals surface area contributed by atoms with Gasteiger partial charge in [-0.3, -0.25) is 4.99 Å². The first-order chi connectivity index (χ1) is 10.2. The van der Waals surface area contributed by atoms with Gasteiger partial charge in [0.2, 0.25) is 0 Å². The van der Waals surface area contributed by atoms with Crippen LogP contribution in [0.5, 0.6) is 11.5 Å². The van der Waals surface area contributed by atoms with E-state index in [1.165, 1.54) is 5.56 Å². The van der Waals surface area contributed by atoms with E-state index in [9.17, 15) is 0 Å². The number of aliphatic imine (C=N–C) groups is 1. The monoisotopic (exact) mass is 293 g/mol. The zero-order valence-electron chi connectivity index (χ0n) is 13.6. The summed E-state index contributed by atoms with van der Waals surface area (Å²) in [7, 11) is 3.29. The average molecular weight is 293 g/mol. The maximum atomic E-state index is 5.94. The Morgan fingerprint density at radius 2 is 1.81 bits per heavy atom. The Hall–Kier alpha value is -1.91. The molecular formula is C16H27N3O2. The molecule has 2 N–H and O–H groups in total. The van der Waals surface area contributed by atoms with Crippen molar-refractivity contribution in [3.05, 3.63) is 23.8 Å². The first kappa shape index (κ1) is 17.1. The van der Waals surface area contributed by atoms with Gasteiger partial charge in [-0.05, 0) is 44.4 Å². The summed E-state index contributed by atoms with van der Waals surface area (Å²) in [5, 5.41) is 0. The molecule has 0 aliphatic carbocycles. The largest absolute Gasteiger partial charge is 0.493 e. The van der Waals surface area contributed by atoms with Crippen LogP contribution in [0, 0.1) is 0 Å². The number of methoxy groups -OCH3 is 2. The van der Waals surface area contributed by atoms with Crippen LogP contribution in [0.4, 0.5) is 0 Å². The maximum Gasteiger partial charge on any atom is 0.191 e. The molecule has 5 heteroatoms. The lowest BCUT2D eigenvalue weighted by atomic mass is 10.1. The van der Waals surface area contributed by atoms with Crippen LogP contribution in [0.1, 0.15) is 25.8 Å². The van der Waals surface area contributed by atoms with Gasteiger partial charge in [0, 0.05) is 19.6 Å². The molecule has 0 saturated carbocycles. The molecule has 0 radical (unpaired) electrons. The van der Waals surface area contributed by atoms with E-state index in [1.807, 2.05) is 12.1 Å². The quantitative estimate of drug-likeness (QED) is 0.454. The molecule has 0 unspecified atom stereocenters. The molecule has 1 rings (SSSR count). The Labute approximate surface area is 127 Å². The molecule has 1 aromatic carbocycles. The Bertz CT molecular complexity index is 457. The van der Waals surface area contributed by atoms with Crippen molar-refractivity contribution in [3.8, 4) is 11.5 Å². The highest BCUT2D eigenvalue weighted by atomic mass is 16.5. The summed E-state index contributed by atoms with van der Waals surface area (Å²) in [5.74, 6) is 2.15. The van der Waals surface area contributed by atoms with Gasteiger partial charge in [-0.1, -0.05) is 6.07 Å². The van der Waals surface area contributed by atoms with Gasteiger partial charge >= 0.3 is 0 Å². The topological polar surface area (TPSA) is 60.1 Å². The first-order valence-corrected chi connectivity index (χ1v) is 7.42. The predicted octanol–water partition coefficient (Wildman–Crippen LogP) is 2.29. The molecule has 5 nitrogen and oxygen atoms in total. The van der Waals surface area contributed by atoms with E-state index in [2.05, 4.69) is 29.8 Å². The molecule has 0 fully saturated rings. The lowest BCUT2D eigenvalue weighted by Crippen LogP contribution is -2.37. The highest BCUT2D eigenvalue weighted by Crippen LogP contribution is 2.27. The van der Waals surface area contributed by atoms with Crippen molar-refractivity contribution in [2.75, 3.05) is 33.9 Å². The molecule has 118 valence electrons. The predicted molar refractivity (Wildman–Crippen MR) is 87.3 cm³/mol. The molecule has 0 aromatic heterocycles. The fraction of sp³-hybridized carbons (Fsp3) is 0.562. The summed E-state index contributed by atoms with van der Waals surface area (Å²) < 4.78 is 10.5. The molecule has 0 saturated heterocycles. The molecular weight excluding hydrogens is 266 g/mol.